The van der Waals surface area contributed by atoms with Gasteiger partial charge in [0.25, 0.3) is 0 Å². The molecule has 0 N–H and O–H groups in total. The van der Waals surface area contributed by atoms with Crippen LogP contribution in [-0.2, 0) is 0 Å². The van der Waals surface area contributed by atoms with Crippen LogP contribution in [-0.4, -0.2) is 17.9 Å². The van der Waals surface area contributed by atoms with Crippen molar-refractivity contribution >= 4 is 5.78 Å². The van der Waals surface area contributed by atoms with Crippen molar-refractivity contribution in [3.8, 4) is 17.4 Å². The van der Waals surface area contributed by atoms with Crippen LogP contribution >= 0.6 is 0 Å². The molecule has 1 aromatic carbocycles. The van der Waals surface area contributed by atoms with Crippen molar-refractivity contribution in [2.24, 2.45) is 0 Å². The van der Waals surface area contributed by atoms with Crippen LogP contribution in [0, 0.1) is 6.92 Å². The van der Waals surface area contributed by atoms with Crippen LogP contribution in [0.25, 0.3) is 0 Å². The Morgan fingerprint density at radius 3 is 2.21 bits per heavy atom. The molecule has 0 spiro atoms. The lowest BCUT2D eigenvalue weighted by Crippen LogP contribution is -1.99. The molecule has 0 aliphatic rings. The largest absolute Gasteiger partial charge is 0.497 e. The quantitative estimate of drug-likeness (QED) is 0.788. The number of carbonyl (C=O) groups excluding carboxylic acids is 1. The van der Waals surface area contributed by atoms with Gasteiger partial charge in [0.2, 0.25) is 5.88 Å². The summed E-state index contributed by atoms with van der Waals surface area (Å²) in [7, 11) is 1.61. The summed E-state index contributed by atoms with van der Waals surface area (Å²) in [4.78, 5) is 15.6. The fourth-order valence-electron chi connectivity index (χ4n) is 1.73. The number of carbonyl (C=O) groups is 1. The number of ketones is 1. The fraction of sp³-hybridized carbons (Fsp3) is 0.200. The minimum Gasteiger partial charge on any atom is -0.497 e. The summed E-state index contributed by atoms with van der Waals surface area (Å²) in [6.45, 7) is 3.31. The lowest BCUT2D eigenvalue weighted by Gasteiger charge is -2.08. The number of nitrogens with zero attached hydrogens (tertiary/aromatic N) is 1. The first-order valence-electron chi connectivity index (χ1n) is 5.90. The van der Waals surface area contributed by atoms with Gasteiger partial charge in [-0.3, -0.25) is 4.79 Å². The average molecular weight is 257 g/mol. The fourth-order valence-corrected chi connectivity index (χ4v) is 1.73. The van der Waals surface area contributed by atoms with E-state index in [1.807, 2.05) is 12.1 Å². The second kappa shape index (κ2) is 5.52. The molecule has 0 aliphatic heterocycles. The Hall–Kier alpha value is -2.36. The zero-order chi connectivity index (χ0) is 13.8. The Morgan fingerprint density at radius 1 is 1.05 bits per heavy atom. The molecule has 2 rings (SSSR count). The van der Waals surface area contributed by atoms with E-state index in [-0.39, 0.29) is 5.78 Å². The molecule has 2 aromatic rings. The highest BCUT2D eigenvalue weighted by atomic mass is 16.5. The van der Waals surface area contributed by atoms with Gasteiger partial charge in [0.15, 0.2) is 5.78 Å². The average Bonchev–Trinajstić information content (AvgIpc) is 2.39. The van der Waals surface area contributed by atoms with E-state index in [1.54, 1.807) is 38.3 Å². The van der Waals surface area contributed by atoms with E-state index >= 15 is 0 Å². The van der Waals surface area contributed by atoms with Crippen LogP contribution in [0.15, 0.2) is 36.4 Å². The van der Waals surface area contributed by atoms with Gasteiger partial charge in [-0.15, -0.1) is 0 Å². The van der Waals surface area contributed by atoms with Crippen molar-refractivity contribution in [1.29, 1.82) is 0 Å². The summed E-state index contributed by atoms with van der Waals surface area (Å²) in [6, 6.07) is 10.6. The number of hydrogen-bond donors (Lipinski definition) is 0. The molecule has 0 bridgehead atoms. The van der Waals surface area contributed by atoms with Gasteiger partial charge in [0.1, 0.15) is 11.5 Å². The third kappa shape index (κ3) is 3.10. The maximum absolute atomic E-state index is 11.3. The highest BCUT2D eigenvalue weighted by Gasteiger charge is 2.07. The number of rotatable bonds is 4. The number of benzene rings is 1. The second-order valence-electron chi connectivity index (χ2n) is 4.12. The summed E-state index contributed by atoms with van der Waals surface area (Å²) in [5, 5.41) is 0. The Kier molecular flexibility index (Phi) is 3.80. The van der Waals surface area contributed by atoms with E-state index in [0.29, 0.717) is 22.9 Å². The predicted molar refractivity (Wildman–Crippen MR) is 72.0 cm³/mol. The summed E-state index contributed by atoms with van der Waals surface area (Å²) in [5.74, 6) is 1.90. The molecule has 4 nitrogen and oxygen atoms in total. The van der Waals surface area contributed by atoms with Crippen LogP contribution in [0.5, 0.6) is 17.4 Å². The third-order valence-corrected chi connectivity index (χ3v) is 2.72. The minimum atomic E-state index is 0.000924. The molecule has 4 heteroatoms. The van der Waals surface area contributed by atoms with Crippen LogP contribution in [0.3, 0.4) is 0 Å². The summed E-state index contributed by atoms with van der Waals surface area (Å²) < 4.78 is 10.7. The van der Waals surface area contributed by atoms with Crippen molar-refractivity contribution in [3.63, 3.8) is 0 Å². The van der Waals surface area contributed by atoms with E-state index in [0.717, 1.165) is 5.75 Å². The maximum atomic E-state index is 11.3. The Balaban J connectivity index is 2.18. The molecule has 0 radical (unpaired) electrons. The molecule has 1 heterocycles. The lowest BCUT2D eigenvalue weighted by atomic mass is 10.1. The molecule has 0 unspecified atom stereocenters. The minimum absolute atomic E-state index is 0.000924. The van der Waals surface area contributed by atoms with E-state index in [1.165, 1.54) is 6.92 Å². The van der Waals surface area contributed by atoms with E-state index in [4.69, 9.17) is 9.47 Å². The standard InChI is InChI=1S/C15H15NO3/c1-10-14(11(2)17)8-9-15(16-10)19-13-6-4-12(18-3)5-7-13/h4-9H,1-3H3. The normalized spacial score (nSPS) is 10.1. The van der Waals surface area contributed by atoms with Crippen molar-refractivity contribution in [1.82, 2.24) is 4.98 Å². The maximum Gasteiger partial charge on any atom is 0.219 e. The van der Waals surface area contributed by atoms with Crippen LogP contribution in [0.1, 0.15) is 23.0 Å². The summed E-state index contributed by atoms with van der Waals surface area (Å²) in [6.07, 6.45) is 0. The number of aromatic nitrogens is 1. The Labute approximate surface area is 112 Å². The molecular formula is C15H15NO3. The molecule has 0 saturated heterocycles. The van der Waals surface area contributed by atoms with Crippen LogP contribution < -0.4 is 9.47 Å². The monoisotopic (exact) mass is 257 g/mol. The topological polar surface area (TPSA) is 48.4 Å². The summed E-state index contributed by atoms with van der Waals surface area (Å²) >= 11 is 0. The molecule has 0 amide bonds. The van der Waals surface area contributed by atoms with Crippen molar-refractivity contribution in [3.05, 3.63) is 47.7 Å². The van der Waals surface area contributed by atoms with Gasteiger partial charge in [-0.25, -0.2) is 4.98 Å². The highest BCUT2D eigenvalue weighted by molar-refractivity contribution is 5.95. The van der Waals surface area contributed by atoms with Crippen molar-refractivity contribution in [2.75, 3.05) is 7.11 Å². The number of hydrogen-bond acceptors (Lipinski definition) is 4. The zero-order valence-electron chi connectivity index (χ0n) is 11.1. The predicted octanol–water partition coefficient (Wildman–Crippen LogP) is 3.39. The number of aryl methyl sites for hydroxylation is 1. The number of methoxy groups -OCH3 is 1. The van der Waals surface area contributed by atoms with Gasteiger partial charge >= 0.3 is 0 Å². The first-order valence-corrected chi connectivity index (χ1v) is 5.90. The van der Waals surface area contributed by atoms with Gasteiger partial charge in [-0.1, -0.05) is 0 Å². The van der Waals surface area contributed by atoms with E-state index in [2.05, 4.69) is 4.98 Å². The molecule has 0 atom stereocenters. The third-order valence-electron chi connectivity index (χ3n) is 2.72. The van der Waals surface area contributed by atoms with Crippen molar-refractivity contribution in [2.45, 2.75) is 13.8 Å². The van der Waals surface area contributed by atoms with Gasteiger partial charge in [-0.2, -0.15) is 0 Å². The number of pyridine rings is 1. The SMILES string of the molecule is COc1ccc(Oc2ccc(C(C)=O)c(C)n2)cc1. The molecule has 1 aromatic heterocycles. The summed E-state index contributed by atoms with van der Waals surface area (Å²) in [5.41, 5.74) is 1.28. The lowest BCUT2D eigenvalue weighted by molar-refractivity contribution is 0.101. The van der Waals surface area contributed by atoms with Gasteiger partial charge in [0.05, 0.1) is 12.8 Å². The molecule has 0 aliphatic carbocycles. The van der Waals surface area contributed by atoms with E-state index < -0.39 is 0 Å². The smallest absolute Gasteiger partial charge is 0.219 e. The van der Waals surface area contributed by atoms with Gasteiger partial charge < -0.3 is 9.47 Å². The van der Waals surface area contributed by atoms with Crippen molar-refractivity contribution < 1.29 is 14.3 Å². The Bertz CT molecular complexity index is 591. The highest BCUT2D eigenvalue weighted by Crippen LogP contribution is 2.23. The first kappa shape index (κ1) is 13.1. The van der Waals surface area contributed by atoms with Gasteiger partial charge in [0, 0.05) is 11.6 Å². The number of ether oxygens (including phenoxy) is 2. The van der Waals surface area contributed by atoms with Crippen LogP contribution in [0.4, 0.5) is 0 Å². The molecule has 0 saturated carbocycles. The number of Topliss-reactive ketones (excluding diaryl/α,β-unsaturated/α-hetero) is 1. The first-order chi connectivity index (χ1) is 9.10. The molecule has 0 fully saturated rings. The molecule has 98 valence electrons. The molecule has 19 heavy (non-hydrogen) atoms. The second-order valence-corrected chi connectivity index (χ2v) is 4.12. The van der Waals surface area contributed by atoms with Crippen LogP contribution in [0.2, 0.25) is 0 Å². The zero-order valence-corrected chi connectivity index (χ0v) is 11.1. The molecular weight excluding hydrogens is 242 g/mol. The van der Waals surface area contributed by atoms with E-state index in [9.17, 15) is 4.79 Å². The Morgan fingerprint density at radius 2 is 1.68 bits per heavy atom. The van der Waals surface area contributed by atoms with Gasteiger partial charge in [-0.05, 0) is 44.2 Å².